The highest BCUT2D eigenvalue weighted by atomic mass is 16.7. The zero-order valence-electron chi connectivity index (χ0n) is 10.8. The molecule has 1 unspecified atom stereocenters. The topological polar surface area (TPSA) is 65.0 Å². The Morgan fingerprint density at radius 2 is 2.15 bits per heavy atom. The van der Waals surface area contributed by atoms with Crippen LogP contribution in [0.3, 0.4) is 0 Å². The van der Waals surface area contributed by atoms with Crippen molar-refractivity contribution in [3.63, 3.8) is 0 Å². The van der Waals surface area contributed by atoms with E-state index >= 15 is 0 Å². The van der Waals surface area contributed by atoms with E-state index in [0.29, 0.717) is 13.0 Å². The van der Waals surface area contributed by atoms with Crippen molar-refractivity contribution in [1.82, 2.24) is 0 Å². The molecule has 0 saturated carbocycles. The van der Waals surface area contributed by atoms with Crippen molar-refractivity contribution in [2.75, 3.05) is 6.61 Å². The lowest BCUT2D eigenvalue weighted by atomic mass is 10.1. The van der Waals surface area contributed by atoms with Gasteiger partial charge in [-0.1, -0.05) is 42.5 Å². The van der Waals surface area contributed by atoms with Gasteiger partial charge in [0.25, 0.3) is 0 Å². The third-order valence-electron chi connectivity index (χ3n) is 3.41. The quantitative estimate of drug-likeness (QED) is 0.835. The first-order chi connectivity index (χ1) is 9.74. The lowest BCUT2D eigenvalue weighted by Gasteiger charge is -2.12. The number of aliphatic hydroxyl groups is 1. The first-order valence-electron chi connectivity index (χ1n) is 6.61. The van der Waals surface area contributed by atoms with Gasteiger partial charge in [0.1, 0.15) is 12.2 Å². The van der Waals surface area contributed by atoms with E-state index in [1.807, 2.05) is 42.5 Å². The summed E-state index contributed by atoms with van der Waals surface area (Å²) in [5.41, 5.74) is 1.10. The van der Waals surface area contributed by atoms with Crippen LogP contribution in [0.25, 0.3) is 6.08 Å². The van der Waals surface area contributed by atoms with E-state index in [9.17, 15) is 9.90 Å². The second kappa shape index (κ2) is 5.75. The largest absolute Gasteiger partial charge is 0.457 e. The van der Waals surface area contributed by atoms with Crippen LogP contribution in [0.4, 0.5) is 0 Å². The maximum atomic E-state index is 11.1. The molecule has 1 N–H and O–H groups in total. The van der Waals surface area contributed by atoms with Gasteiger partial charge in [-0.25, -0.2) is 4.79 Å². The molecule has 5 nitrogen and oxygen atoms in total. The summed E-state index contributed by atoms with van der Waals surface area (Å²) in [6, 6.07) is 9.91. The van der Waals surface area contributed by atoms with Gasteiger partial charge in [0.05, 0.1) is 6.61 Å². The molecule has 0 aromatic heterocycles. The van der Waals surface area contributed by atoms with Crippen LogP contribution in [0, 0.1) is 0 Å². The van der Waals surface area contributed by atoms with Gasteiger partial charge in [-0.05, 0) is 5.56 Å². The lowest BCUT2D eigenvalue weighted by molar-refractivity contribution is -0.160. The maximum absolute atomic E-state index is 11.1. The Morgan fingerprint density at radius 3 is 2.90 bits per heavy atom. The van der Waals surface area contributed by atoms with Gasteiger partial charge in [-0.15, -0.1) is 0 Å². The van der Waals surface area contributed by atoms with Crippen molar-refractivity contribution >= 4 is 12.0 Å². The van der Waals surface area contributed by atoms with E-state index < -0.39 is 24.5 Å². The van der Waals surface area contributed by atoms with E-state index in [-0.39, 0.29) is 6.10 Å². The molecule has 0 radical (unpaired) electrons. The van der Waals surface area contributed by atoms with Gasteiger partial charge >= 0.3 is 5.97 Å². The van der Waals surface area contributed by atoms with Gasteiger partial charge in [0, 0.05) is 6.42 Å². The smallest absolute Gasteiger partial charge is 0.338 e. The van der Waals surface area contributed by atoms with Gasteiger partial charge in [0.2, 0.25) is 0 Å². The first-order valence-corrected chi connectivity index (χ1v) is 6.61. The number of carbonyl (C=O) groups is 1. The van der Waals surface area contributed by atoms with Crippen LogP contribution in [0.2, 0.25) is 0 Å². The Balaban J connectivity index is 1.45. The van der Waals surface area contributed by atoms with Gasteiger partial charge in [0.15, 0.2) is 12.4 Å². The molecule has 4 atom stereocenters. The summed E-state index contributed by atoms with van der Waals surface area (Å²) in [6.45, 7) is 0.406. The van der Waals surface area contributed by atoms with E-state index in [1.165, 1.54) is 0 Å². The first kappa shape index (κ1) is 13.3. The second-order valence-corrected chi connectivity index (χ2v) is 4.83. The van der Waals surface area contributed by atoms with Crippen LogP contribution in [-0.4, -0.2) is 42.3 Å². The van der Waals surface area contributed by atoms with E-state index in [0.717, 1.165) is 5.56 Å². The maximum Gasteiger partial charge on any atom is 0.338 e. The summed E-state index contributed by atoms with van der Waals surface area (Å²) < 4.78 is 16.0. The van der Waals surface area contributed by atoms with Crippen molar-refractivity contribution in [2.45, 2.75) is 31.0 Å². The number of hydrogen-bond acceptors (Lipinski definition) is 5. The molecule has 1 aromatic rings. The minimum atomic E-state index is -1.19. The van der Waals surface area contributed by atoms with Crippen molar-refractivity contribution in [3.05, 3.63) is 42.0 Å². The van der Waals surface area contributed by atoms with Crippen molar-refractivity contribution in [2.24, 2.45) is 0 Å². The Morgan fingerprint density at radius 1 is 1.35 bits per heavy atom. The minimum absolute atomic E-state index is 0.388. The molecule has 1 aromatic carbocycles. The van der Waals surface area contributed by atoms with Gasteiger partial charge in [-0.3, -0.25) is 0 Å². The average Bonchev–Trinajstić information content (AvgIpc) is 2.97. The van der Waals surface area contributed by atoms with E-state index in [1.54, 1.807) is 0 Å². The number of carbonyl (C=O) groups excluding carboxylic acids is 1. The zero-order valence-corrected chi connectivity index (χ0v) is 10.8. The molecular weight excluding hydrogens is 260 g/mol. The van der Waals surface area contributed by atoms with Crippen LogP contribution in [0.15, 0.2) is 36.4 Å². The molecule has 2 fully saturated rings. The third-order valence-corrected chi connectivity index (χ3v) is 3.41. The Hall–Kier alpha value is -1.69. The monoisotopic (exact) mass is 276 g/mol. The predicted octanol–water partition coefficient (Wildman–Crippen LogP) is 1.12. The molecule has 5 heteroatoms. The summed E-state index contributed by atoms with van der Waals surface area (Å²) in [6.07, 6.45) is 1.72. The van der Waals surface area contributed by atoms with E-state index in [2.05, 4.69) is 0 Å². The number of rotatable bonds is 4. The third kappa shape index (κ3) is 2.75. The molecule has 0 aliphatic carbocycles. The highest BCUT2D eigenvalue weighted by Crippen LogP contribution is 2.31. The number of hydrogen-bond donors (Lipinski definition) is 1. The summed E-state index contributed by atoms with van der Waals surface area (Å²) in [5.74, 6) is -0.609. The highest BCUT2D eigenvalue weighted by molar-refractivity contribution is 5.78. The molecule has 0 bridgehead atoms. The molecule has 106 valence electrons. The van der Waals surface area contributed by atoms with Crippen LogP contribution >= 0.6 is 0 Å². The second-order valence-electron chi connectivity index (χ2n) is 4.83. The molecule has 0 amide bonds. The molecule has 3 rings (SSSR count). The molecule has 0 spiro atoms. The predicted molar refractivity (Wildman–Crippen MR) is 70.6 cm³/mol. The van der Waals surface area contributed by atoms with Gasteiger partial charge < -0.3 is 19.3 Å². The Kier molecular flexibility index (Phi) is 3.82. The molecule has 2 aliphatic rings. The highest BCUT2D eigenvalue weighted by Gasteiger charge is 2.51. The summed E-state index contributed by atoms with van der Waals surface area (Å²) in [4.78, 5) is 11.1. The average molecular weight is 276 g/mol. The fourth-order valence-corrected chi connectivity index (χ4v) is 2.41. The van der Waals surface area contributed by atoms with Crippen molar-refractivity contribution in [1.29, 1.82) is 0 Å². The number of ether oxygens (including phenoxy) is 3. The lowest BCUT2D eigenvalue weighted by Crippen LogP contribution is -2.30. The fourth-order valence-electron chi connectivity index (χ4n) is 2.41. The van der Waals surface area contributed by atoms with Crippen molar-refractivity contribution in [3.8, 4) is 0 Å². The molecule has 2 heterocycles. The van der Waals surface area contributed by atoms with Gasteiger partial charge in [-0.2, -0.15) is 0 Å². The molecule has 2 aliphatic heterocycles. The SMILES string of the molecule is O=C1O[C@@H]2CC(OC/C=C/c3ccccc3)O[C@@H]2[C@H]1O. The Bertz CT molecular complexity index is 498. The number of benzene rings is 1. The number of aliphatic hydroxyl groups excluding tert-OH is 1. The number of fused-ring (bicyclic) bond motifs is 1. The fraction of sp³-hybridized carbons (Fsp3) is 0.400. The number of esters is 1. The Labute approximate surface area is 116 Å². The molecular formula is C15H16O5. The van der Waals surface area contributed by atoms with E-state index in [4.69, 9.17) is 14.2 Å². The van der Waals surface area contributed by atoms with Crippen molar-refractivity contribution < 1.29 is 24.1 Å². The van der Waals surface area contributed by atoms with Crippen LogP contribution in [0.5, 0.6) is 0 Å². The standard InChI is InChI=1S/C15H16O5/c16-13-14-11(19-15(13)17)9-12(20-14)18-8-4-7-10-5-2-1-3-6-10/h1-7,11-14,16H,8-9H2/b7-4+/t11-,12?,13-,14+/m1/s1. The molecule has 20 heavy (non-hydrogen) atoms. The van der Waals surface area contributed by atoms with Crippen LogP contribution < -0.4 is 0 Å². The minimum Gasteiger partial charge on any atom is -0.457 e. The normalized spacial score (nSPS) is 32.5. The van der Waals surface area contributed by atoms with Crippen LogP contribution in [0.1, 0.15) is 12.0 Å². The summed E-state index contributed by atoms with van der Waals surface area (Å²) >= 11 is 0. The summed E-state index contributed by atoms with van der Waals surface area (Å²) in [7, 11) is 0. The zero-order chi connectivity index (χ0) is 13.9. The summed E-state index contributed by atoms with van der Waals surface area (Å²) in [5, 5.41) is 9.54. The van der Waals surface area contributed by atoms with Crippen LogP contribution in [-0.2, 0) is 19.0 Å². The molecule has 2 saturated heterocycles.